The Hall–Kier alpha value is -3.57. The first kappa shape index (κ1) is 25.5. The molecule has 0 radical (unpaired) electrons. The standard InChI is InChI=1S/C24H35N9O3/c1-8-33-19(15-13-26-17(25)16(27-15)20-29-30-21(35-20)23(2,3)4)28-18(31-33)14-9-11-32(12-10-14)22(34)36-24(5,6)7/h13-14H,8-12H2,1-7H3,(H2,25,26,28,29,31)/p+1. The van der Waals surface area contributed by atoms with Crippen molar-refractivity contribution in [2.45, 2.75) is 84.8 Å². The average molecular weight is 499 g/mol. The molecule has 4 rings (SSSR count). The van der Waals surface area contributed by atoms with E-state index >= 15 is 0 Å². The number of aromatic nitrogens is 7. The minimum Gasteiger partial charge on any atom is -0.444 e. The molecule has 12 nitrogen and oxygen atoms in total. The number of nitrogens with zero attached hydrogens (tertiary/aromatic N) is 7. The molecule has 0 aliphatic carbocycles. The van der Waals surface area contributed by atoms with Crippen molar-refractivity contribution in [1.29, 1.82) is 0 Å². The summed E-state index contributed by atoms with van der Waals surface area (Å²) in [5, 5.41) is 11.7. The topological polar surface area (TPSA) is 153 Å². The van der Waals surface area contributed by atoms with Gasteiger partial charge < -0.3 is 19.8 Å². The maximum Gasteiger partial charge on any atom is 0.410 e. The molecule has 1 aliphatic heterocycles. The van der Waals surface area contributed by atoms with Crippen molar-refractivity contribution in [2.75, 3.05) is 18.8 Å². The van der Waals surface area contributed by atoms with Gasteiger partial charge >= 0.3 is 11.9 Å². The van der Waals surface area contributed by atoms with Crippen molar-refractivity contribution in [3.05, 3.63) is 17.9 Å². The van der Waals surface area contributed by atoms with Crippen LogP contribution in [0.5, 0.6) is 0 Å². The van der Waals surface area contributed by atoms with Gasteiger partial charge in [0.15, 0.2) is 17.2 Å². The van der Waals surface area contributed by atoms with Gasteiger partial charge in [0.2, 0.25) is 5.89 Å². The quantitative estimate of drug-likeness (QED) is 0.516. The molecule has 3 N–H and O–H groups in total. The summed E-state index contributed by atoms with van der Waals surface area (Å²) in [7, 11) is 0. The lowest BCUT2D eigenvalue weighted by Crippen LogP contribution is -2.41. The zero-order valence-corrected chi connectivity index (χ0v) is 22.1. The van der Waals surface area contributed by atoms with Gasteiger partial charge in [-0.1, -0.05) is 20.8 Å². The summed E-state index contributed by atoms with van der Waals surface area (Å²) in [6.45, 7) is 15.5. The molecule has 0 saturated carbocycles. The van der Waals surface area contributed by atoms with E-state index in [1.165, 1.54) is 0 Å². The number of carbonyl (C=O) groups excluding carboxylic acids is 1. The first-order valence-corrected chi connectivity index (χ1v) is 12.3. The number of hydrogen-bond acceptors (Lipinski definition) is 9. The maximum absolute atomic E-state index is 12.4. The van der Waals surface area contributed by atoms with E-state index in [0.29, 0.717) is 42.7 Å². The lowest BCUT2D eigenvalue weighted by atomic mass is 9.96. The Morgan fingerprint density at radius 3 is 2.47 bits per heavy atom. The average Bonchev–Trinajstić information content (AvgIpc) is 3.46. The van der Waals surface area contributed by atoms with Crippen molar-refractivity contribution in [2.24, 2.45) is 0 Å². The number of piperidine rings is 1. The molecule has 0 aromatic carbocycles. The van der Waals surface area contributed by atoms with Crippen LogP contribution in [0.15, 0.2) is 10.6 Å². The fourth-order valence-electron chi connectivity index (χ4n) is 3.95. The zero-order valence-electron chi connectivity index (χ0n) is 22.1. The van der Waals surface area contributed by atoms with Crippen LogP contribution in [0.1, 0.15) is 78.9 Å². The summed E-state index contributed by atoms with van der Waals surface area (Å²) in [5.74, 6) is 2.60. The molecule has 1 saturated heterocycles. The fraction of sp³-hybridized carbons (Fsp3) is 0.625. The van der Waals surface area contributed by atoms with Crippen LogP contribution >= 0.6 is 0 Å². The van der Waals surface area contributed by atoms with E-state index in [-0.39, 0.29) is 29.1 Å². The summed E-state index contributed by atoms with van der Waals surface area (Å²) in [6, 6.07) is 0. The summed E-state index contributed by atoms with van der Waals surface area (Å²) in [5.41, 5.74) is 6.17. The molecule has 36 heavy (non-hydrogen) atoms. The number of anilines is 1. The normalized spacial score (nSPS) is 15.4. The maximum atomic E-state index is 12.4. The SMILES string of the molecule is CC[n+]1[nH]c(C2CCN(C(=O)OC(C)(C)C)CC2)nc1-c1cnc(N)c(-c2nnc(C(C)(C)C)o2)n1. The third-order valence-electron chi connectivity index (χ3n) is 5.88. The van der Waals surface area contributed by atoms with Crippen LogP contribution in [0.2, 0.25) is 0 Å². The van der Waals surface area contributed by atoms with E-state index < -0.39 is 5.60 Å². The van der Waals surface area contributed by atoms with Gasteiger partial charge in [0, 0.05) is 24.4 Å². The summed E-state index contributed by atoms with van der Waals surface area (Å²) < 4.78 is 13.3. The van der Waals surface area contributed by atoms with E-state index in [1.54, 1.807) is 11.1 Å². The molecule has 0 atom stereocenters. The number of ether oxygens (including phenoxy) is 1. The van der Waals surface area contributed by atoms with Crippen LogP contribution in [0.4, 0.5) is 10.6 Å². The minimum absolute atomic E-state index is 0.182. The van der Waals surface area contributed by atoms with Crippen molar-refractivity contribution < 1.29 is 18.6 Å². The highest BCUT2D eigenvalue weighted by molar-refractivity contribution is 5.68. The van der Waals surface area contributed by atoms with E-state index in [2.05, 4.69) is 25.3 Å². The number of aryl methyl sites for hydroxylation is 1. The number of nitrogen functional groups attached to an aromatic ring is 1. The third kappa shape index (κ3) is 5.47. The predicted molar refractivity (Wildman–Crippen MR) is 132 cm³/mol. The molecule has 12 heteroatoms. The number of hydrogen-bond donors (Lipinski definition) is 2. The first-order valence-electron chi connectivity index (χ1n) is 12.3. The Kier molecular flexibility index (Phi) is 6.72. The third-order valence-corrected chi connectivity index (χ3v) is 5.88. The molecule has 194 valence electrons. The molecule has 1 amide bonds. The van der Waals surface area contributed by atoms with E-state index in [4.69, 9.17) is 19.9 Å². The lowest BCUT2D eigenvalue weighted by molar-refractivity contribution is -0.738. The summed E-state index contributed by atoms with van der Waals surface area (Å²) in [4.78, 5) is 28.1. The lowest BCUT2D eigenvalue weighted by Gasteiger charge is -2.32. The first-order chi connectivity index (χ1) is 16.9. The smallest absolute Gasteiger partial charge is 0.410 e. The highest BCUT2D eigenvalue weighted by atomic mass is 16.6. The van der Waals surface area contributed by atoms with Gasteiger partial charge in [0.1, 0.15) is 12.1 Å². The molecule has 4 heterocycles. The number of likely N-dealkylation sites (tertiary alicyclic amines) is 1. The second-order valence-corrected chi connectivity index (χ2v) is 11.1. The van der Waals surface area contributed by atoms with Crippen molar-refractivity contribution in [1.82, 2.24) is 35.1 Å². The number of nitrogens with one attached hydrogen (secondary N) is 1. The Morgan fingerprint density at radius 2 is 1.89 bits per heavy atom. The molecule has 0 spiro atoms. The van der Waals surface area contributed by atoms with Gasteiger partial charge in [0.25, 0.3) is 11.7 Å². The van der Waals surface area contributed by atoms with E-state index in [9.17, 15) is 4.79 Å². The Bertz CT molecular complexity index is 1230. The van der Waals surface area contributed by atoms with Gasteiger partial charge in [-0.15, -0.1) is 10.2 Å². The van der Waals surface area contributed by atoms with E-state index in [0.717, 1.165) is 18.7 Å². The number of amides is 1. The number of H-pyrrole nitrogens is 1. The minimum atomic E-state index is -0.509. The fourth-order valence-corrected chi connectivity index (χ4v) is 3.95. The van der Waals surface area contributed by atoms with Gasteiger partial charge in [0.05, 0.1) is 6.20 Å². The summed E-state index contributed by atoms with van der Waals surface area (Å²) >= 11 is 0. The molecule has 0 bridgehead atoms. The number of nitrogens with two attached hydrogens (primary N) is 1. The van der Waals surface area contributed by atoms with Crippen LogP contribution in [0, 0.1) is 0 Å². The van der Waals surface area contributed by atoms with Gasteiger partial charge in [-0.3, -0.25) is 0 Å². The Balaban J connectivity index is 1.55. The van der Waals surface area contributed by atoms with Crippen molar-refractivity contribution in [3.63, 3.8) is 0 Å². The van der Waals surface area contributed by atoms with Gasteiger partial charge in [-0.2, -0.15) is 9.78 Å². The largest absolute Gasteiger partial charge is 0.444 e. The monoisotopic (exact) mass is 498 g/mol. The molecule has 1 aliphatic rings. The summed E-state index contributed by atoms with van der Waals surface area (Å²) in [6.07, 6.45) is 2.89. The van der Waals surface area contributed by atoms with Gasteiger partial charge in [-0.25, -0.2) is 14.8 Å². The second kappa shape index (κ2) is 9.47. The van der Waals surface area contributed by atoms with E-state index in [1.807, 2.05) is 53.1 Å². The van der Waals surface area contributed by atoms with Crippen LogP contribution in [-0.2, 0) is 16.7 Å². The predicted octanol–water partition coefficient (Wildman–Crippen LogP) is 3.22. The molecule has 1 fully saturated rings. The Morgan fingerprint density at radius 1 is 1.19 bits per heavy atom. The van der Waals surface area contributed by atoms with Crippen LogP contribution in [-0.4, -0.2) is 59.9 Å². The van der Waals surface area contributed by atoms with Crippen molar-refractivity contribution in [3.8, 4) is 23.1 Å². The zero-order chi connectivity index (χ0) is 26.3. The highest BCUT2D eigenvalue weighted by Gasteiger charge is 2.34. The Labute approximate surface area is 210 Å². The molecular formula is C24H36N9O3+. The highest BCUT2D eigenvalue weighted by Crippen LogP contribution is 2.30. The van der Waals surface area contributed by atoms with Crippen LogP contribution < -0.4 is 10.4 Å². The molecular weight excluding hydrogens is 462 g/mol. The van der Waals surface area contributed by atoms with Crippen LogP contribution in [0.25, 0.3) is 23.1 Å². The van der Waals surface area contributed by atoms with Crippen molar-refractivity contribution >= 4 is 11.9 Å². The van der Waals surface area contributed by atoms with Crippen LogP contribution in [0.3, 0.4) is 0 Å². The number of aromatic amines is 1. The molecule has 0 unspecified atom stereocenters. The number of carbonyl (C=O) groups is 1. The molecule has 3 aromatic heterocycles. The molecule has 3 aromatic rings. The second-order valence-electron chi connectivity index (χ2n) is 11.1. The number of rotatable bonds is 4. The van der Waals surface area contributed by atoms with Gasteiger partial charge in [-0.05, 0) is 45.5 Å².